The van der Waals surface area contributed by atoms with E-state index in [0.29, 0.717) is 24.5 Å². The molecule has 0 spiro atoms. The van der Waals surface area contributed by atoms with Gasteiger partial charge in [-0.2, -0.15) is 0 Å². The molecule has 0 saturated carbocycles. The summed E-state index contributed by atoms with van der Waals surface area (Å²) < 4.78 is 7.48. The molecule has 5 nitrogen and oxygen atoms in total. The minimum atomic E-state index is -0.0461. The lowest BCUT2D eigenvalue weighted by Crippen LogP contribution is -2.31. The topological polar surface area (TPSA) is 55.3 Å². The van der Waals surface area contributed by atoms with Crippen molar-refractivity contribution in [2.45, 2.75) is 12.5 Å². The molecule has 114 valence electrons. The van der Waals surface area contributed by atoms with E-state index >= 15 is 0 Å². The Balaban J connectivity index is 1.65. The van der Waals surface area contributed by atoms with Gasteiger partial charge in [0.25, 0.3) is 5.91 Å². The monoisotopic (exact) mass is 425 g/mol. The van der Waals surface area contributed by atoms with Gasteiger partial charge in [-0.25, -0.2) is 4.98 Å². The highest BCUT2D eigenvalue weighted by Crippen LogP contribution is 2.25. The summed E-state index contributed by atoms with van der Waals surface area (Å²) in [5.74, 6) is 0.533. The number of hydrogen-bond acceptors (Lipinski definition) is 4. The normalized spacial score (nSPS) is 17.5. The van der Waals surface area contributed by atoms with Crippen molar-refractivity contribution in [3.05, 3.63) is 51.3 Å². The number of aromatic nitrogens is 2. The minimum absolute atomic E-state index is 0.0278. The fourth-order valence-corrected chi connectivity index (χ4v) is 3.05. The summed E-state index contributed by atoms with van der Waals surface area (Å²) in [6.45, 7) is 1.22. The van der Waals surface area contributed by atoms with Gasteiger partial charge in [0.05, 0.1) is 16.6 Å². The maximum absolute atomic E-state index is 12.4. The van der Waals surface area contributed by atoms with E-state index in [-0.39, 0.29) is 12.0 Å². The minimum Gasteiger partial charge on any atom is -0.472 e. The number of carbonyl (C=O) groups is 1. The van der Waals surface area contributed by atoms with E-state index in [9.17, 15) is 4.79 Å². The molecule has 0 bridgehead atoms. The summed E-state index contributed by atoms with van der Waals surface area (Å²) in [5, 5.41) is 0. The maximum Gasteiger partial charge on any atom is 0.255 e. The molecule has 2 aromatic heterocycles. The van der Waals surface area contributed by atoms with E-state index in [4.69, 9.17) is 4.74 Å². The van der Waals surface area contributed by atoms with Crippen molar-refractivity contribution in [2.75, 3.05) is 13.1 Å². The smallest absolute Gasteiger partial charge is 0.255 e. The number of ether oxygens (including phenoxy) is 1. The first-order valence-corrected chi connectivity index (χ1v) is 8.39. The van der Waals surface area contributed by atoms with Crippen molar-refractivity contribution < 1.29 is 9.53 Å². The molecular formula is C15H13Br2N3O2. The Morgan fingerprint density at radius 3 is 3.00 bits per heavy atom. The van der Waals surface area contributed by atoms with Gasteiger partial charge in [0, 0.05) is 36.0 Å². The van der Waals surface area contributed by atoms with Gasteiger partial charge in [0.2, 0.25) is 5.88 Å². The molecule has 2 aromatic rings. The standard InChI is InChI=1S/C15H13Br2N3O2/c16-11-6-10(7-18-8-11)15(21)20-5-3-12(9-20)22-14-13(17)2-1-4-19-14/h1-2,4,6-8,12H,3,5,9H2. The molecule has 1 fully saturated rings. The number of hydrogen-bond donors (Lipinski definition) is 0. The van der Waals surface area contributed by atoms with Crippen molar-refractivity contribution in [3.63, 3.8) is 0 Å². The van der Waals surface area contributed by atoms with Gasteiger partial charge in [-0.3, -0.25) is 9.78 Å². The predicted molar refractivity (Wildman–Crippen MR) is 88.8 cm³/mol. The third-order valence-electron chi connectivity index (χ3n) is 3.39. The van der Waals surface area contributed by atoms with E-state index in [0.717, 1.165) is 15.4 Å². The Morgan fingerprint density at radius 1 is 1.36 bits per heavy atom. The lowest BCUT2D eigenvalue weighted by atomic mass is 10.2. The molecule has 1 amide bonds. The SMILES string of the molecule is O=C(c1cncc(Br)c1)N1CCC(Oc2ncccc2Br)C1. The first kappa shape index (κ1) is 15.4. The van der Waals surface area contributed by atoms with E-state index < -0.39 is 0 Å². The molecular weight excluding hydrogens is 414 g/mol. The summed E-state index contributed by atoms with van der Waals surface area (Å²) in [5.41, 5.74) is 0.578. The van der Waals surface area contributed by atoms with Crippen LogP contribution in [0.15, 0.2) is 45.7 Å². The van der Waals surface area contributed by atoms with Crippen molar-refractivity contribution in [1.29, 1.82) is 0 Å². The number of nitrogens with zero attached hydrogens (tertiary/aromatic N) is 3. The van der Waals surface area contributed by atoms with Crippen molar-refractivity contribution in [1.82, 2.24) is 14.9 Å². The van der Waals surface area contributed by atoms with Crippen LogP contribution in [0.3, 0.4) is 0 Å². The second-order valence-corrected chi connectivity index (χ2v) is 6.73. The van der Waals surface area contributed by atoms with Gasteiger partial charge in [-0.15, -0.1) is 0 Å². The number of amides is 1. The number of rotatable bonds is 3. The summed E-state index contributed by atoms with van der Waals surface area (Å²) in [7, 11) is 0. The van der Waals surface area contributed by atoms with Gasteiger partial charge < -0.3 is 9.64 Å². The molecule has 0 aliphatic carbocycles. The number of carbonyl (C=O) groups excluding carboxylic acids is 1. The highest BCUT2D eigenvalue weighted by atomic mass is 79.9. The highest BCUT2D eigenvalue weighted by Gasteiger charge is 2.29. The molecule has 1 aliphatic heterocycles. The van der Waals surface area contributed by atoms with Gasteiger partial charge in [0.15, 0.2) is 0 Å². The first-order valence-electron chi connectivity index (χ1n) is 6.80. The molecule has 0 N–H and O–H groups in total. The summed E-state index contributed by atoms with van der Waals surface area (Å²) in [6.07, 6.45) is 5.67. The van der Waals surface area contributed by atoms with Crippen molar-refractivity contribution in [3.8, 4) is 5.88 Å². The van der Waals surface area contributed by atoms with Gasteiger partial charge in [-0.05, 0) is 50.1 Å². The zero-order valence-electron chi connectivity index (χ0n) is 11.6. The second-order valence-electron chi connectivity index (χ2n) is 4.96. The number of pyridine rings is 2. The molecule has 0 radical (unpaired) electrons. The lowest BCUT2D eigenvalue weighted by Gasteiger charge is -2.17. The van der Waals surface area contributed by atoms with E-state index in [1.807, 2.05) is 12.1 Å². The second kappa shape index (κ2) is 6.75. The van der Waals surface area contributed by atoms with Gasteiger partial charge in [-0.1, -0.05) is 0 Å². The molecule has 1 aliphatic rings. The Morgan fingerprint density at radius 2 is 2.23 bits per heavy atom. The predicted octanol–water partition coefficient (Wildman–Crippen LogP) is 3.30. The molecule has 1 unspecified atom stereocenters. The van der Waals surface area contributed by atoms with Crippen LogP contribution in [0.4, 0.5) is 0 Å². The van der Waals surface area contributed by atoms with Crippen LogP contribution in [0.25, 0.3) is 0 Å². The Hall–Kier alpha value is -1.47. The van der Waals surface area contributed by atoms with Crippen LogP contribution in [0.1, 0.15) is 16.8 Å². The molecule has 0 aromatic carbocycles. The molecule has 7 heteroatoms. The first-order chi connectivity index (χ1) is 10.6. The quantitative estimate of drug-likeness (QED) is 0.755. The van der Waals surface area contributed by atoms with E-state index in [2.05, 4.69) is 41.8 Å². The van der Waals surface area contributed by atoms with Crippen LogP contribution >= 0.6 is 31.9 Å². The molecule has 3 rings (SSSR count). The third kappa shape index (κ3) is 3.47. The average molecular weight is 427 g/mol. The fourth-order valence-electron chi connectivity index (χ4n) is 2.34. The summed E-state index contributed by atoms with van der Waals surface area (Å²) in [6, 6.07) is 5.49. The zero-order chi connectivity index (χ0) is 15.5. The Bertz CT molecular complexity index is 696. The van der Waals surface area contributed by atoms with Gasteiger partial charge >= 0.3 is 0 Å². The summed E-state index contributed by atoms with van der Waals surface area (Å²) >= 11 is 6.74. The van der Waals surface area contributed by atoms with Crippen LogP contribution in [0.5, 0.6) is 5.88 Å². The molecule has 1 atom stereocenters. The largest absolute Gasteiger partial charge is 0.472 e. The van der Waals surface area contributed by atoms with Crippen LogP contribution in [0, 0.1) is 0 Å². The molecule has 3 heterocycles. The Kier molecular flexibility index (Phi) is 4.73. The van der Waals surface area contributed by atoms with Crippen molar-refractivity contribution in [2.24, 2.45) is 0 Å². The molecule has 1 saturated heterocycles. The van der Waals surface area contributed by atoms with Crippen molar-refractivity contribution >= 4 is 37.8 Å². The van der Waals surface area contributed by atoms with Gasteiger partial charge in [0.1, 0.15) is 6.10 Å². The van der Waals surface area contributed by atoms with Crippen LogP contribution in [-0.4, -0.2) is 40.0 Å². The number of likely N-dealkylation sites (tertiary alicyclic amines) is 1. The van der Waals surface area contributed by atoms with Crippen LogP contribution in [-0.2, 0) is 0 Å². The lowest BCUT2D eigenvalue weighted by molar-refractivity contribution is 0.0770. The Labute approximate surface area is 145 Å². The van der Waals surface area contributed by atoms with E-state index in [1.165, 1.54) is 0 Å². The molecule has 22 heavy (non-hydrogen) atoms. The van der Waals surface area contributed by atoms with Crippen LogP contribution in [0.2, 0.25) is 0 Å². The highest BCUT2D eigenvalue weighted by molar-refractivity contribution is 9.10. The number of halogens is 2. The average Bonchev–Trinajstić information content (AvgIpc) is 2.97. The van der Waals surface area contributed by atoms with E-state index in [1.54, 1.807) is 29.6 Å². The third-order valence-corrected chi connectivity index (χ3v) is 4.42. The zero-order valence-corrected chi connectivity index (χ0v) is 14.7. The fraction of sp³-hybridized carbons (Fsp3) is 0.267. The van der Waals surface area contributed by atoms with Crippen LogP contribution < -0.4 is 4.74 Å². The maximum atomic E-state index is 12.4. The summed E-state index contributed by atoms with van der Waals surface area (Å²) in [4.78, 5) is 22.5.